The van der Waals surface area contributed by atoms with E-state index in [2.05, 4.69) is 24.1 Å². The Kier molecular flexibility index (Phi) is 4.23. The number of nitrogens with zero attached hydrogens (tertiary/aromatic N) is 1. The number of anilines is 2. The molecule has 0 aliphatic carbocycles. The first-order valence-electron chi connectivity index (χ1n) is 5.24. The molecule has 1 atom stereocenters. The van der Waals surface area contributed by atoms with Crippen LogP contribution in [0.25, 0.3) is 0 Å². The Morgan fingerprint density at radius 2 is 2.21 bits per heavy atom. The third-order valence-electron chi connectivity index (χ3n) is 2.29. The molecule has 0 aromatic carbocycles. The summed E-state index contributed by atoms with van der Waals surface area (Å²) in [5, 5.41) is 3.44. The monoisotopic (exact) mass is 193 g/mol. The van der Waals surface area contributed by atoms with Crippen LogP contribution in [0, 0.1) is 0 Å². The number of hydrogen-bond donors (Lipinski definition) is 2. The lowest BCUT2D eigenvalue weighted by Gasteiger charge is -2.16. The van der Waals surface area contributed by atoms with Crippen LogP contribution in [0.3, 0.4) is 0 Å². The first-order chi connectivity index (χ1) is 6.76. The molecule has 0 amide bonds. The van der Waals surface area contributed by atoms with E-state index in [4.69, 9.17) is 5.73 Å². The third kappa shape index (κ3) is 3.24. The van der Waals surface area contributed by atoms with Crippen LogP contribution in [-0.2, 0) is 0 Å². The second-order valence-corrected chi connectivity index (χ2v) is 3.51. The molecule has 1 heterocycles. The van der Waals surface area contributed by atoms with E-state index in [1.54, 1.807) is 6.20 Å². The molecule has 14 heavy (non-hydrogen) atoms. The van der Waals surface area contributed by atoms with E-state index in [-0.39, 0.29) is 0 Å². The molecule has 0 aliphatic rings. The van der Waals surface area contributed by atoms with Gasteiger partial charge in [-0.05, 0) is 25.0 Å². The summed E-state index contributed by atoms with van der Waals surface area (Å²) in [6, 6.07) is 4.34. The second kappa shape index (κ2) is 5.47. The minimum absolute atomic E-state index is 0.547. The van der Waals surface area contributed by atoms with Crippen molar-refractivity contribution >= 4 is 11.5 Å². The zero-order chi connectivity index (χ0) is 10.4. The quantitative estimate of drug-likeness (QED) is 0.755. The van der Waals surface area contributed by atoms with Crippen molar-refractivity contribution in [2.24, 2.45) is 0 Å². The number of hydrogen-bond acceptors (Lipinski definition) is 3. The zero-order valence-electron chi connectivity index (χ0n) is 8.96. The van der Waals surface area contributed by atoms with Gasteiger partial charge in [0.25, 0.3) is 0 Å². The predicted molar refractivity (Wildman–Crippen MR) is 61.3 cm³/mol. The van der Waals surface area contributed by atoms with Gasteiger partial charge in [0.15, 0.2) is 0 Å². The Balaban J connectivity index is 2.53. The van der Waals surface area contributed by atoms with Crippen LogP contribution in [0.4, 0.5) is 11.5 Å². The Bertz CT molecular complexity index is 256. The van der Waals surface area contributed by atoms with Crippen molar-refractivity contribution in [3.05, 3.63) is 18.3 Å². The number of rotatable bonds is 5. The highest BCUT2D eigenvalue weighted by atomic mass is 14.9. The molecule has 1 aromatic heterocycles. The van der Waals surface area contributed by atoms with Crippen molar-refractivity contribution < 1.29 is 0 Å². The Morgan fingerprint density at radius 3 is 2.71 bits per heavy atom. The van der Waals surface area contributed by atoms with Gasteiger partial charge in [0.1, 0.15) is 5.82 Å². The van der Waals surface area contributed by atoms with Gasteiger partial charge in [0, 0.05) is 6.04 Å². The maximum absolute atomic E-state index is 5.51. The molecule has 1 aromatic rings. The molecule has 0 saturated heterocycles. The number of aromatic nitrogens is 1. The maximum atomic E-state index is 5.51. The highest BCUT2D eigenvalue weighted by Crippen LogP contribution is 2.12. The summed E-state index contributed by atoms with van der Waals surface area (Å²) in [4.78, 5) is 4.04. The highest BCUT2D eigenvalue weighted by molar-refractivity contribution is 5.45. The summed E-state index contributed by atoms with van der Waals surface area (Å²) in [5.41, 5.74) is 6.56. The van der Waals surface area contributed by atoms with E-state index in [0.717, 1.165) is 12.1 Å². The largest absolute Gasteiger partial charge is 0.384 e. The summed E-state index contributed by atoms with van der Waals surface area (Å²) in [6.45, 7) is 4.39. The average Bonchev–Trinajstić information content (AvgIpc) is 2.20. The van der Waals surface area contributed by atoms with Crippen molar-refractivity contribution in [3.63, 3.8) is 0 Å². The summed E-state index contributed by atoms with van der Waals surface area (Å²) < 4.78 is 0. The van der Waals surface area contributed by atoms with Crippen molar-refractivity contribution in [2.75, 3.05) is 11.1 Å². The molecule has 1 rings (SSSR count). The second-order valence-electron chi connectivity index (χ2n) is 3.51. The van der Waals surface area contributed by atoms with E-state index in [9.17, 15) is 0 Å². The molecule has 3 N–H and O–H groups in total. The SMILES string of the molecule is CCCC(CC)Nc1ccc(N)nc1. The Morgan fingerprint density at radius 1 is 1.43 bits per heavy atom. The van der Waals surface area contributed by atoms with Crippen molar-refractivity contribution in [2.45, 2.75) is 39.2 Å². The lowest BCUT2D eigenvalue weighted by atomic mass is 10.1. The van der Waals surface area contributed by atoms with Gasteiger partial charge in [-0.2, -0.15) is 0 Å². The topological polar surface area (TPSA) is 50.9 Å². The van der Waals surface area contributed by atoms with Gasteiger partial charge in [-0.3, -0.25) is 0 Å². The van der Waals surface area contributed by atoms with E-state index < -0.39 is 0 Å². The van der Waals surface area contributed by atoms with E-state index in [0.29, 0.717) is 11.9 Å². The molecule has 0 aliphatic heterocycles. The normalized spacial score (nSPS) is 12.4. The van der Waals surface area contributed by atoms with Gasteiger partial charge in [-0.15, -0.1) is 0 Å². The number of nitrogens with two attached hydrogens (primary N) is 1. The third-order valence-corrected chi connectivity index (χ3v) is 2.29. The lowest BCUT2D eigenvalue weighted by Crippen LogP contribution is -2.17. The molecule has 1 unspecified atom stereocenters. The van der Waals surface area contributed by atoms with Crippen LogP contribution < -0.4 is 11.1 Å². The molecule has 78 valence electrons. The molecule has 0 saturated carbocycles. The summed E-state index contributed by atoms with van der Waals surface area (Å²) >= 11 is 0. The van der Waals surface area contributed by atoms with Gasteiger partial charge in [-0.1, -0.05) is 20.3 Å². The van der Waals surface area contributed by atoms with Crippen molar-refractivity contribution in [3.8, 4) is 0 Å². The van der Waals surface area contributed by atoms with Crippen molar-refractivity contribution in [1.29, 1.82) is 0 Å². The summed E-state index contributed by atoms with van der Waals surface area (Å²) in [7, 11) is 0. The number of pyridine rings is 1. The minimum atomic E-state index is 0.547. The van der Waals surface area contributed by atoms with Crippen LogP contribution in [0.5, 0.6) is 0 Å². The predicted octanol–water partition coefficient (Wildman–Crippen LogP) is 2.65. The van der Waals surface area contributed by atoms with Gasteiger partial charge in [0.2, 0.25) is 0 Å². The van der Waals surface area contributed by atoms with Crippen LogP contribution in [0.1, 0.15) is 33.1 Å². The van der Waals surface area contributed by atoms with Crippen LogP contribution in [-0.4, -0.2) is 11.0 Å². The van der Waals surface area contributed by atoms with Crippen LogP contribution >= 0.6 is 0 Å². The zero-order valence-corrected chi connectivity index (χ0v) is 8.96. The number of nitrogens with one attached hydrogen (secondary N) is 1. The van der Waals surface area contributed by atoms with Gasteiger partial charge < -0.3 is 11.1 Å². The molecule has 0 radical (unpaired) electrons. The molecular formula is C11H19N3. The van der Waals surface area contributed by atoms with Crippen molar-refractivity contribution in [1.82, 2.24) is 4.98 Å². The molecular weight excluding hydrogens is 174 g/mol. The molecule has 0 spiro atoms. The number of nitrogen functional groups attached to an aromatic ring is 1. The Labute approximate surface area is 85.7 Å². The van der Waals surface area contributed by atoms with E-state index in [1.807, 2.05) is 12.1 Å². The smallest absolute Gasteiger partial charge is 0.123 e. The minimum Gasteiger partial charge on any atom is -0.384 e. The molecule has 3 heteroatoms. The first kappa shape index (κ1) is 10.8. The fraction of sp³-hybridized carbons (Fsp3) is 0.545. The summed E-state index contributed by atoms with van der Waals surface area (Å²) in [6.07, 6.45) is 5.32. The van der Waals surface area contributed by atoms with Crippen LogP contribution in [0.15, 0.2) is 18.3 Å². The van der Waals surface area contributed by atoms with Crippen LogP contribution in [0.2, 0.25) is 0 Å². The van der Waals surface area contributed by atoms with E-state index >= 15 is 0 Å². The highest BCUT2D eigenvalue weighted by Gasteiger charge is 2.04. The first-order valence-corrected chi connectivity index (χ1v) is 5.24. The Hall–Kier alpha value is -1.25. The lowest BCUT2D eigenvalue weighted by molar-refractivity contribution is 0.622. The van der Waals surface area contributed by atoms with Gasteiger partial charge in [-0.25, -0.2) is 4.98 Å². The molecule has 3 nitrogen and oxygen atoms in total. The maximum Gasteiger partial charge on any atom is 0.123 e. The fourth-order valence-corrected chi connectivity index (χ4v) is 1.45. The van der Waals surface area contributed by atoms with Gasteiger partial charge in [0.05, 0.1) is 11.9 Å². The fourth-order valence-electron chi connectivity index (χ4n) is 1.45. The van der Waals surface area contributed by atoms with E-state index in [1.165, 1.54) is 12.8 Å². The van der Waals surface area contributed by atoms with Gasteiger partial charge >= 0.3 is 0 Å². The standard InChI is InChI=1S/C11H19N3/c1-3-5-9(4-2)14-10-6-7-11(12)13-8-10/h6-9,14H,3-5H2,1-2H3,(H2,12,13). The summed E-state index contributed by atoms with van der Waals surface area (Å²) in [5.74, 6) is 0.569. The molecule has 0 fully saturated rings. The molecule has 0 bridgehead atoms. The average molecular weight is 193 g/mol.